The zero-order chi connectivity index (χ0) is 23.5. The Hall–Kier alpha value is -2.82. The highest BCUT2D eigenvalue weighted by Gasteiger charge is 2.46. The van der Waals surface area contributed by atoms with Crippen LogP contribution in [0.3, 0.4) is 0 Å². The molecule has 1 aliphatic carbocycles. The summed E-state index contributed by atoms with van der Waals surface area (Å²) in [7, 11) is 1.98. The number of carboxylic acids is 1. The summed E-state index contributed by atoms with van der Waals surface area (Å²) in [5, 5.41) is 14.7. The van der Waals surface area contributed by atoms with Crippen LogP contribution in [0, 0.1) is 12.3 Å². The van der Waals surface area contributed by atoms with Gasteiger partial charge in [0.05, 0.1) is 12.0 Å². The van der Waals surface area contributed by atoms with Crippen LogP contribution in [-0.4, -0.2) is 57.0 Å². The molecule has 1 saturated carbocycles. The number of aliphatic carboxylic acids is 1. The number of carbonyl (C=O) groups is 2. The van der Waals surface area contributed by atoms with E-state index in [0.717, 1.165) is 38.2 Å². The third-order valence-corrected chi connectivity index (χ3v) is 6.11. The van der Waals surface area contributed by atoms with Crippen molar-refractivity contribution < 1.29 is 32.3 Å². The van der Waals surface area contributed by atoms with Crippen LogP contribution in [0.4, 0.5) is 13.2 Å². The van der Waals surface area contributed by atoms with Gasteiger partial charge >= 0.3 is 12.1 Å². The fourth-order valence-electron chi connectivity index (χ4n) is 4.39. The molecule has 32 heavy (non-hydrogen) atoms. The average Bonchev–Trinajstić information content (AvgIpc) is 3.32. The van der Waals surface area contributed by atoms with E-state index in [1.54, 1.807) is 12.1 Å². The number of carbonyl (C=O) groups excluding carboxylic acids is 1. The lowest BCUT2D eigenvalue weighted by Gasteiger charge is -2.52. The predicted molar refractivity (Wildman–Crippen MR) is 108 cm³/mol. The number of hydrogen-bond donors (Lipinski definition) is 2. The van der Waals surface area contributed by atoms with Crippen LogP contribution in [0.1, 0.15) is 47.5 Å². The Kier molecular flexibility index (Phi) is 6.97. The lowest BCUT2D eigenvalue weighted by atomic mass is 9.60. The minimum Gasteiger partial charge on any atom is -0.475 e. The summed E-state index contributed by atoms with van der Waals surface area (Å²) in [4.78, 5) is 23.5. The maximum atomic E-state index is 12.0. The Bertz CT molecular complexity index is 923. The largest absolute Gasteiger partial charge is 0.490 e. The number of rotatable bonds is 4. The number of piperidine rings is 1. The maximum Gasteiger partial charge on any atom is 0.490 e. The van der Waals surface area contributed by atoms with Gasteiger partial charge in [0.2, 0.25) is 0 Å². The van der Waals surface area contributed by atoms with Crippen molar-refractivity contribution >= 4 is 11.9 Å². The number of likely N-dealkylation sites (tertiary alicyclic amines) is 1. The van der Waals surface area contributed by atoms with Crippen molar-refractivity contribution in [3.8, 4) is 0 Å². The lowest BCUT2D eigenvalue weighted by molar-refractivity contribution is -0.192. The number of alkyl halides is 3. The van der Waals surface area contributed by atoms with Gasteiger partial charge in [-0.2, -0.15) is 18.3 Å². The first-order valence-electron chi connectivity index (χ1n) is 10.3. The van der Waals surface area contributed by atoms with Gasteiger partial charge in [-0.1, -0.05) is 0 Å². The van der Waals surface area contributed by atoms with Crippen LogP contribution < -0.4 is 5.32 Å². The van der Waals surface area contributed by atoms with Crippen LogP contribution in [0.15, 0.2) is 29.0 Å². The highest BCUT2D eigenvalue weighted by Crippen LogP contribution is 2.49. The van der Waals surface area contributed by atoms with Crippen LogP contribution in [0.2, 0.25) is 0 Å². The SMILES string of the molecule is Cc1nn(C)cc1CN1CCC2(CC1)CC(NC(=O)c1ccco1)C2.O=C(O)C(F)(F)F. The molecule has 0 unspecified atom stereocenters. The van der Waals surface area contributed by atoms with E-state index in [9.17, 15) is 18.0 Å². The molecule has 176 valence electrons. The third kappa shape index (κ3) is 5.90. The van der Waals surface area contributed by atoms with Gasteiger partial charge in [0.1, 0.15) is 0 Å². The van der Waals surface area contributed by atoms with Crippen molar-refractivity contribution in [3.05, 3.63) is 41.6 Å². The number of nitrogens with one attached hydrogen (secondary N) is 1. The third-order valence-electron chi connectivity index (χ3n) is 6.11. The van der Waals surface area contributed by atoms with Crippen molar-refractivity contribution in [2.24, 2.45) is 12.5 Å². The van der Waals surface area contributed by atoms with Gasteiger partial charge in [-0.05, 0) is 63.2 Å². The van der Waals surface area contributed by atoms with E-state index in [4.69, 9.17) is 14.3 Å². The van der Waals surface area contributed by atoms with E-state index in [1.165, 1.54) is 24.7 Å². The molecule has 4 rings (SSSR count). The van der Waals surface area contributed by atoms with Crippen LogP contribution >= 0.6 is 0 Å². The van der Waals surface area contributed by atoms with Crippen molar-refractivity contribution in [1.82, 2.24) is 20.0 Å². The summed E-state index contributed by atoms with van der Waals surface area (Å²) >= 11 is 0. The lowest BCUT2D eigenvalue weighted by Crippen LogP contribution is -2.54. The number of carboxylic acid groups (broad SMARTS) is 1. The predicted octanol–water partition coefficient (Wildman–Crippen LogP) is 3.13. The minimum atomic E-state index is -5.08. The Balaban J connectivity index is 0.000000360. The van der Waals surface area contributed by atoms with Crippen LogP contribution in [0.25, 0.3) is 0 Å². The molecule has 1 amide bonds. The molecule has 0 radical (unpaired) electrons. The van der Waals surface area contributed by atoms with E-state index < -0.39 is 12.1 Å². The Labute approximate surface area is 183 Å². The first-order chi connectivity index (χ1) is 15.0. The Morgan fingerprint density at radius 3 is 2.41 bits per heavy atom. The normalized spacial score (nSPS) is 18.5. The zero-order valence-corrected chi connectivity index (χ0v) is 18.0. The van der Waals surface area contributed by atoms with Crippen molar-refractivity contribution in [2.45, 2.75) is 51.4 Å². The van der Waals surface area contributed by atoms with Gasteiger partial charge in [-0.3, -0.25) is 14.4 Å². The quantitative estimate of drug-likeness (QED) is 0.733. The van der Waals surface area contributed by atoms with Crippen molar-refractivity contribution in [2.75, 3.05) is 13.1 Å². The molecule has 1 spiro atoms. The summed E-state index contributed by atoms with van der Waals surface area (Å²) in [5.74, 6) is -2.44. The van der Waals surface area contributed by atoms with Gasteiger partial charge in [0, 0.05) is 31.4 Å². The molecule has 3 heterocycles. The van der Waals surface area contributed by atoms with Gasteiger partial charge in [-0.25, -0.2) is 4.79 Å². The summed E-state index contributed by atoms with van der Waals surface area (Å²) in [6.45, 7) is 5.34. The molecule has 2 N–H and O–H groups in total. The summed E-state index contributed by atoms with van der Waals surface area (Å²) in [5.41, 5.74) is 2.89. The number of amides is 1. The minimum absolute atomic E-state index is 0.0886. The molecule has 2 aliphatic rings. The van der Waals surface area contributed by atoms with E-state index in [-0.39, 0.29) is 5.91 Å². The standard InChI is InChI=1S/C19H26N4O2.C2HF3O2/c1-14-15(12-22(2)21-14)13-23-7-5-19(6-8-23)10-16(11-19)20-18(24)17-4-3-9-25-17;3-2(4,5)1(6)7/h3-4,9,12,16H,5-8,10-11,13H2,1-2H3,(H,20,24);(H,6,7). The van der Waals surface area contributed by atoms with Crippen molar-refractivity contribution in [3.63, 3.8) is 0 Å². The molecule has 1 aliphatic heterocycles. The molecule has 1 saturated heterocycles. The van der Waals surface area contributed by atoms with E-state index in [2.05, 4.69) is 28.4 Å². The molecular formula is C21H27F3N4O4. The molecule has 2 fully saturated rings. The van der Waals surface area contributed by atoms with Gasteiger partial charge in [-0.15, -0.1) is 0 Å². The number of aromatic nitrogens is 2. The fraction of sp³-hybridized carbons (Fsp3) is 0.571. The average molecular weight is 456 g/mol. The molecule has 0 bridgehead atoms. The first kappa shape index (κ1) is 23.8. The Morgan fingerprint density at radius 1 is 1.31 bits per heavy atom. The monoisotopic (exact) mass is 456 g/mol. The molecular weight excluding hydrogens is 429 g/mol. The number of hydrogen-bond acceptors (Lipinski definition) is 5. The number of nitrogens with zero attached hydrogens (tertiary/aromatic N) is 3. The summed E-state index contributed by atoms with van der Waals surface area (Å²) < 4.78 is 38.8. The summed E-state index contributed by atoms with van der Waals surface area (Å²) in [6, 6.07) is 3.75. The topological polar surface area (TPSA) is 101 Å². The van der Waals surface area contributed by atoms with Gasteiger partial charge in [0.15, 0.2) is 5.76 Å². The Morgan fingerprint density at radius 2 is 1.94 bits per heavy atom. The fourth-order valence-corrected chi connectivity index (χ4v) is 4.39. The molecule has 0 atom stereocenters. The second-order valence-corrected chi connectivity index (χ2v) is 8.55. The molecule has 11 heteroatoms. The van der Waals surface area contributed by atoms with E-state index in [1.807, 2.05) is 11.7 Å². The number of furan rings is 1. The highest BCUT2D eigenvalue weighted by molar-refractivity contribution is 5.91. The summed E-state index contributed by atoms with van der Waals surface area (Å²) in [6.07, 6.45) is 3.22. The first-order valence-corrected chi connectivity index (χ1v) is 10.3. The van der Waals surface area contributed by atoms with Crippen LogP contribution in [-0.2, 0) is 18.4 Å². The van der Waals surface area contributed by atoms with E-state index in [0.29, 0.717) is 17.2 Å². The zero-order valence-electron chi connectivity index (χ0n) is 18.0. The number of aryl methyl sites for hydroxylation is 2. The smallest absolute Gasteiger partial charge is 0.475 e. The van der Waals surface area contributed by atoms with Gasteiger partial charge in [0.25, 0.3) is 5.91 Å². The van der Waals surface area contributed by atoms with Crippen LogP contribution in [0.5, 0.6) is 0 Å². The maximum absolute atomic E-state index is 12.0. The van der Waals surface area contributed by atoms with Crippen molar-refractivity contribution in [1.29, 1.82) is 0 Å². The molecule has 0 aromatic carbocycles. The molecule has 8 nitrogen and oxygen atoms in total. The molecule has 2 aromatic rings. The van der Waals surface area contributed by atoms with Gasteiger partial charge < -0.3 is 14.8 Å². The second-order valence-electron chi connectivity index (χ2n) is 8.55. The highest BCUT2D eigenvalue weighted by atomic mass is 19.4. The number of halogens is 3. The molecule has 2 aromatic heterocycles. The second kappa shape index (κ2) is 9.35. The van der Waals surface area contributed by atoms with E-state index >= 15 is 0 Å².